The number of rotatable bonds is 6. The highest BCUT2D eigenvalue weighted by molar-refractivity contribution is 6.33. The van der Waals surface area contributed by atoms with Gasteiger partial charge in [0.15, 0.2) is 6.61 Å². The third-order valence-corrected chi connectivity index (χ3v) is 5.44. The van der Waals surface area contributed by atoms with Crippen LogP contribution >= 0.6 is 11.6 Å². The number of nitrogens with zero attached hydrogens (tertiary/aromatic N) is 1. The minimum absolute atomic E-state index is 0.109. The Labute approximate surface area is 175 Å². The van der Waals surface area contributed by atoms with E-state index < -0.39 is 5.97 Å². The van der Waals surface area contributed by atoms with Crippen LogP contribution in [0.4, 0.5) is 11.4 Å². The van der Waals surface area contributed by atoms with Crippen molar-refractivity contribution in [2.45, 2.75) is 38.1 Å². The van der Waals surface area contributed by atoms with Crippen LogP contribution in [0, 0.1) is 0 Å². The van der Waals surface area contributed by atoms with Crippen molar-refractivity contribution >= 4 is 34.9 Å². The van der Waals surface area contributed by atoms with Crippen LogP contribution in [0.5, 0.6) is 5.75 Å². The molecule has 0 saturated heterocycles. The number of para-hydroxylation sites is 1. The first kappa shape index (κ1) is 21.0. The lowest BCUT2D eigenvalue weighted by atomic mass is 9.93. The van der Waals surface area contributed by atoms with Crippen LogP contribution in [0.1, 0.15) is 42.5 Å². The number of methoxy groups -OCH3 is 1. The quantitative estimate of drug-likeness (QED) is 0.555. The number of hydrogen-bond acceptors (Lipinski definition) is 5. The molecule has 2 aromatic rings. The maximum absolute atomic E-state index is 13.0. The van der Waals surface area contributed by atoms with E-state index >= 15 is 0 Å². The molecule has 1 saturated carbocycles. The number of ether oxygens (including phenoxy) is 2. The first-order valence-electron chi connectivity index (χ1n) is 9.68. The van der Waals surface area contributed by atoms with Crippen molar-refractivity contribution in [3.63, 3.8) is 0 Å². The summed E-state index contributed by atoms with van der Waals surface area (Å²) >= 11 is 6.02. The number of hydrogen-bond donors (Lipinski definition) is 1. The van der Waals surface area contributed by atoms with Gasteiger partial charge in [0.05, 0.1) is 17.8 Å². The van der Waals surface area contributed by atoms with Gasteiger partial charge in [0.2, 0.25) is 0 Å². The van der Waals surface area contributed by atoms with Crippen molar-refractivity contribution in [1.82, 2.24) is 0 Å². The summed E-state index contributed by atoms with van der Waals surface area (Å²) in [6.07, 6.45) is 5.23. The molecule has 0 atom stereocenters. The Morgan fingerprint density at radius 3 is 2.48 bits per heavy atom. The van der Waals surface area contributed by atoms with E-state index in [0.29, 0.717) is 5.69 Å². The summed E-state index contributed by atoms with van der Waals surface area (Å²) in [4.78, 5) is 27.3. The fourth-order valence-corrected chi connectivity index (χ4v) is 3.82. The molecular weight excluding hydrogens is 392 g/mol. The Morgan fingerprint density at radius 1 is 1.14 bits per heavy atom. The Balaban J connectivity index is 1.75. The molecule has 2 N–H and O–H groups in total. The second kappa shape index (κ2) is 9.65. The van der Waals surface area contributed by atoms with Gasteiger partial charge in [-0.05, 0) is 31.0 Å². The molecule has 0 unspecified atom stereocenters. The van der Waals surface area contributed by atoms with Crippen molar-refractivity contribution in [2.24, 2.45) is 0 Å². The number of carbonyl (C=O) groups excluding carboxylic acids is 2. The molecular formula is C22H25ClN2O4. The second-order valence-corrected chi connectivity index (χ2v) is 7.45. The predicted octanol–water partition coefficient (Wildman–Crippen LogP) is 4.45. The number of nitrogens with two attached hydrogens (primary N) is 1. The molecule has 0 aromatic heterocycles. The smallest absolute Gasteiger partial charge is 0.342 e. The molecule has 2 aromatic carbocycles. The average molecular weight is 417 g/mol. The summed E-state index contributed by atoms with van der Waals surface area (Å²) in [5.41, 5.74) is 6.99. The van der Waals surface area contributed by atoms with Gasteiger partial charge in [-0.25, -0.2) is 4.79 Å². The first-order chi connectivity index (χ1) is 14.0. The van der Waals surface area contributed by atoms with E-state index in [1.54, 1.807) is 4.90 Å². The molecule has 1 aliphatic rings. The van der Waals surface area contributed by atoms with Crippen LogP contribution in [0.2, 0.25) is 5.02 Å². The number of halogens is 1. The Kier molecular flexibility index (Phi) is 6.99. The van der Waals surface area contributed by atoms with Crippen LogP contribution < -0.4 is 15.4 Å². The van der Waals surface area contributed by atoms with E-state index in [4.69, 9.17) is 26.8 Å². The van der Waals surface area contributed by atoms with Gasteiger partial charge < -0.3 is 20.1 Å². The highest BCUT2D eigenvalue weighted by atomic mass is 35.5. The lowest BCUT2D eigenvalue weighted by molar-refractivity contribution is -0.122. The third-order valence-electron chi connectivity index (χ3n) is 5.11. The van der Waals surface area contributed by atoms with Gasteiger partial charge in [0, 0.05) is 17.8 Å². The number of anilines is 2. The summed E-state index contributed by atoms with van der Waals surface area (Å²) in [5.74, 6) is -0.692. The van der Waals surface area contributed by atoms with Gasteiger partial charge in [0.25, 0.3) is 5.91 Å². The van der Waals surface area contributed by atoms with E-state index in [-0.39, 0.29) is 34.9 Å². The maximum Gasteiger partial charge on any atom is 0.342 e. The molecule has 0 bridgehead atoms. The Morgan fingerprint density at radius 2 is 1.83 bits per heavy atom. The molecule has 0 aliphatic heterocycles. The maximum atomic E-state index is 13.0. The van der Waals surface area contributed by atoms with E-state index in [9.17, 15) is 9.59 Å². The largest absolute Gasteiger partial charge is 0.496 e. The summed E-state index contributed by atoms with van der Waals surface area (Å²) in [5, 5.41) is 0.220. The summed E-state index contributed by atoms with van der Waals surface area (Å²) in [6.45, 7) is -0.366. The Hall–Kier alpha value is -2.73. The van der Waals surface area contributed by atoms with Crippen molar-refractivity contribution in [2.75, 3.05) is 24.4 Å². The number of carbonyl (C=O) groups is 2. The molecule has 0 heterocycles. The van der Waals surface area contributed by atoms with E-state index in [1.165, 1.54) is 25.7 Å². The lowest BCUT2D eigenvalue weighted by Gasteiger charge is -2.34. The fourth-order valence-electron chi connectivity index (χ4n) is 3.66. The van der Waals surface area contributed by atoms with E-state index in [2.05, 4.69) is 0 Å². The molecule has 0 radical (unpaired) electrons. The minimum atomic E-state index is -0.686. The standard InChI is InChI=1S/C22H25ClN2O4/c1-28-20-13-19(24)18(23)12-17(20)22(27)29-14-21(26)25(15-8-4-2-5-9-15)16-10-6-3-7-11-16/h2,4-5,8-9,12-13,16H,3,6-7,10-11,14,24H2,1H3. The summed E-state index contributed by atoms with van der Waals surface area (Å²) < 4.78 is 10.5. The van der Waals surface area contributed by atoms with Crippen LogP contribution in [0.15, 0.2) is 42.5 Å². The van der Waals surface area contributed by atoms with Gasteiger partial charge in [-0.2, -0.15) is 0 Å². The molecule has 0 spiro atoms. The highest BCUT2D eigenvalue weighted by Crippen LogP contribution is 2.30. The zero-order valence-corrected chi connectivity index (χ0v) is 17.2. The number of esters is 1. The SMILES string of the molecule is COc1cc(N)c(Cl)cc1C(=O)OCC(=O)N(c1ccccc1)C1CCCCC1. The molecule has 1 aliphatic carbocycles. The van der Waals surface area contributed by atoms with Gasteiger partial charge in [-0.1, -0.05) is 49.1 Å². The topological polar surface area (TPSA) is 81.9 Å². The molecule has 6 nitrogen and oxygen atoms in total. The second-order valence-electron chi connectivity index (χ2n) is 7.04. The zero-order valence-electron chi connectivity index (χ0n) is 16.4. The predicted molar refractivity (Wildman–Crippen MR) is 113 cm³/mol. The van der Waals surface area contributed by atoms with Crippen LogP contribution in [-0.4, -0.2) is 31.6 Å². The van der Waals surface area contributed by atoms with E-state index in [0.717, 1.165) is 31.4 Å². The van der Waals surface area contributed by atoms with Gasteiger partial charge in [-0.15, -0.1) is 0 Å². The minimum Gasteiger partial charge on any atom is -0.496 e. The highest BCUT2D eigenvalue weighted by Gasteiger charge is 2.28. The Bertz CT molecular complexity index is 867. The third kappa shape index (κ3) is 5.01. The van der Waals surface area contributed by atoms with Gasteiger partial charge in [0.1, 0.15) is 11.3 Å². The number of benzene rings is 2. The molecule has 1 amide bonds. The normalized spacial score (nSPS) is 14.3. The van der Waals surface area contributed by atoms with Crippen molar-refractivity contribution < 1.29 is 19.1 Å². The molecule has 29 heavy (non-hydrogen) atoms. The molecule has 154 valence electrons. The van der Waals surface area contributed by atoms with Gasteiger partial charge >= 0.3 is 5.97 Å². The van der Waals surface area contributed by atoms with Gasteiger partial charge in [-0.3, -0.25) is 4.79 Å². The van der Waals surface area contributed by atoms with Crippen molar-refractivity contribution in [3.05, 3.63) is 53.1 Å². The van der Waals surface area contributed by atoms with E-state index in [1.807, 2.05) is 30.3 Å². The molecule has 1 fully saturated rings. The number of nitrogen functional groups attached to an aromatic ring is 1. The lowest BCUT2D eigenvalue weighted by Crippen LogP contribution is -2.43. The summed E-state index contributed by atoms with van der Waals surface area (Å²) in [7, 11) is 1.42. The average Bonchev–Trinajstić information content (AvgIpc) is 2.75. The zero-order chi connectivity index (χ0) is 20.8. The van der Waals surface area contributed by atoms with Crippen LogP contribution in [-0.2, 0) is 9.53 Å². The fraction of sp³-hybridized carbons (Fsp3) is 0.364. The summed E-state index contributed by atoms with van der Waals surface area (Å²) in [6, 6.07) is 12.4. The molecule has 7 heteroatoms. The van der Waals surface area contributed by atoms with Crippen molar-refractivity contribution in [1.29, 1.82) is 0 Å². The van der Waals surface area contributed by atoms with Crippen molar-refractivity contribution in [3.8, 4) is 5.75 Å². The first-order valence-corrected chi connectivity index (χ1v) is 10.1. The monoisotopic (exact) mass is 416 g/mol. The number of amides is 1. The van der Waals surface area contributed by atoms with Crippen LogP contribution in [0.25, 0.3) is 0 Å². The molecule has 3 rings (SSSR count). The van der Waals surface area contributed by atoms with Crippen LogP contribution in [0.3, 0.4) is 0 Å².